The van der Waals surface area contributed by atoms with Crippen LogP contribution >= 0.6 is 0 Å². The van der Waals surface area contributed by atoms with Crippen molar-refractivity contribution in [2.75, 3.05) is 26.3 Å². The van der Waals surface area contributed by atoms with Gasteiger partial charge in [0.2, 0.25) is 11.8 Å². The van der Waals surface area contributed by atoms with Crippen LogP contribution < -0.4 is 5.32 Å². The number of carbonyl (C=O) groups is 2. The molecule has 0 aromatic rings. The Morgan fingerprint density at radius 1 is 1.19 bits per heavy atom. The number of aliphatic hydroxyl groups is 2. The molecule has 1 saturated carbocycles. The molecular formula is C15H26N2O4. The number of hydrogen-bond donors (Lipinski definition) is 3. The first-order valence-electron chi connectivity index (χ1n) is 7.87. The molecular weight excluding hydrogens is 272 g/mol. The minimum Gasteiger partial charge on any atom is -0.394 e. The Bertz CT molecular complexity index is 383. The third-order valence-corrected chi connectivity index (χ3v) is 4.70. The molecule has 2 rings (SSSR count). The summed E-state index contributed by atoms with van der Waals surface area (Å²) < 4.78 is 0. The van der Waals surface area contributed by atoms with Gasteiger partial charge in [-0.3, -0.25) is 9.59 Å². The molecule has 1 atom stereocenters. The molecule has 120 valence electrons. The minimum absolute atomic E-state index is 0.173. The van der Waals surface area contributed by atoms with E-state index in [9.17, 15) is 19.8 Å². The second kappa shape index (κ2) is 6.75. The fourth-order valence-electron chi connectivity index (χ4n) is 2.78. The molecule has 1 heterocycles. The summed E-state index contributed by atoms with van der Waals surface area (Å²) >= 11 is 0. The van der Waals surface area contributed by atoms with Crippen LogP contribution in [0.25, 0.3) is 0 Å². The number of nitrogens with zero attached hydrogens (tertiary/aromatic N) is 1. The highest BCUT2D eigenvalue weighted by atomic mass is 16.3. The summed E-state index contributed by atoms with van der Waals surface area (Å²) in [5.41, 5.74) is -0.958. The van der Waals surface area contributed by atoms with E-state index in [1.54, 1.807) is 4.90 Å². The molecule has 21 heavy (non-hydrogen) atoms. The van der Waals surface area contributed by atoms with Crippen molar-refractivity contribution in [3.63, 3.8) is 0 Å². The van der Waals surface area contributed by atoms with Gasteiger partial charge in [-0.1, -0.05) is 6.92 Å². The molecule has 0 bridgehead atoms. The van der Waals surface area contributed by atoms with E-state index in [0.717, 1.165) is 32.2 Å². The van der Waals surface area contributed by atoms with Gasteiger partial charge >= 0.3 is 0 Å². The van der Waals surface area contributed by atoms with Gasteiger partial charge in [-0.05, 0) is 32.1 Å². The van der Waals surface area contributed by atoms with Gasteiger partial charge in [0.15, 0.2) is 0 Å². The standard InChI is InChI=1S/C15H26N2O4/c1-2-15(9-18,10-19)16-13(20)12-4-3-7-17(8-12)14(21)11-5-6-11/h11-12,18-19H,2-10H2,1H3,(H,16,20). The second-order valence-corrected chi connectivity index (χ2v) is 6.34. The molecule has 2 fully saturated rings. The van der Waals surface area contributed by atoms with Gasteiger partial charge in [-0.2, -0.15) is 0 Å². The fourth-order valence-corrected chi connectivity index (χ4v) is 2.78. The smallest absolute Gasteiger partial charge is 0.225 e. The summed E-state index contributed by atoms with van der Waals surface area (Å²) in [6.07, 6.45) is 3.98. The van der Waals surface area contributed by atoms with Crippen LogP contribution in [-0.2, 0) is 9.59 Å². The third-order valence-electron chi connectivity index (χ3n) is 4.70. The van der Waals surface area contributed by atoms with E-state index >= 15 is 0 Å². The predicted molar refractivity (Wildman–Crippen MR) is 77.4 cm³/mol. The Kier molecular flexibility index (Phi) is 5.22. The van der Waals surface area contributed by atoms with Crippen LogP contribution in [0.4, 0.5) is 0 Å². The predicted octanol–water partition coefficient (Wildman–Crippen LogP) is -0.115. The fraction of sp³-hybridized carbons (Fsp3) is 0.867. The van der Waals surface area contributed by atoms with Gasteiger partial charge in [0.25, 0.3) is 0 Å². The largest absolute Gasteiger partial charge is 0.394 e. The first-order chi connectivity index (χ1) is 10.0. The summed E-state index contributed by atoms with van der Waals surface area (Å²) in [6, 6.07) is 0. The molecule has 1 saturated heterocycles. The number of nitrogens with one attached hydrogen (secondary N) is 1. The molecule has 1 aliphatic heterocycles. The van der Waals surface area contributed by atoms with E-state index in [1.807, 2.05) is 6.92 Å². The second-order valence-electron chi connectivity index (χ2n) is 6.34. The molecule has 0 aromatic heterocycles. The maximum atomic E-state index is 12.4. The van der Waals surface area contributed by atoms with Crippen LogP contribution in [0.5, 0.6) is 0 Å². The van der Waals surface area contributed by atoms with Gasteiger partial charge in [0, 0.05) is 19.0 Å². The van der Waals surface area contributed by atoms with E-state index in [0.29, 0.717) is 13.0 Å². The number of amides is 2. The molecule has 0 aromatic carbocycles. The Labute approximate surface area is 125 Å². The van der Waals surface area contributed by atoms with Crippen LogP contribution in [0.1, 0.15) is 39.0 Å². The summed E-state index contributed by atoms with van der Waals surface area (Å²) in [6.45, 7) is 2.43. The number of likely N-dealkylation sites (tertiary alicyclic amines) is 1. The average molecular weight is 298 g/mol. The van der Waals surface area contributed by atoms with Gasteiger partial charge in [0.1, 0.15) is 0 Å². The van der Waals surface area contributed by atoms with Crippen LogP contribution in [-0.4, -0.2) is 58.8 Å². The highest BCUT2D eigenvalue weighted by Gasteiger charge is 2.38. The minimum atomic E-state index is -0.958. The lowest BCUT2D eigenvalue weighted by Gasteiger charge is -2.36. The van der Waals surface area contributed by atoms with Crippen LogP contribution in [0.15, 0.2) is 0 Å². The SMILES string of the molecule is CCC(CO)(CO)NC(=O)C1CCCN(C(=O)C2CC2)C1. The number of piperidine rings is 1. The van der Waals surface area contributed by atoms with E-state index < -0.39 is 5.54 Å². The normalized spacial score (nSPS) is 23.0. The first kappa shape index (κ1) is 16.2. The Morgan fingerprint density at radius 2 is 1.86 bits per heavy atom. The molecule has 0 spiro atoms. The number of hydrogen-bond acceptors (Lipinski definition) is 4. The van der Waals surface area contributed by atoms with Crippen molar-refractivity contribution in [3.8, 4) is 0 Å². The van der Waals surface area contributed by atoms with Gasteiger partial charge in [-0.25, -0.2) is 0 Å². The van der Waals surface area contributed by atoms with Crippen molar-refractivity contribution in [1.29, 1.82) is 0 Å². The van der Waals surface area contributed by atoms with Crippen LogP contribution in [0.3, 0.4) is 0 Å². The van der Waals surface area contributed by atoms with E-state index in [4.69, 9.17) is 0 Å². The van der Waals surface area contributed by atoms with E-state index in [-0.39, 0.29) is 36.9 Å². The maximum Gasteiger partial charge on any atom is 0.225 e. The van der Waals surface area contributed by atoms with Crippen molar-refractivity contribution in [1.82, 2.24) is 10.2 Å². The van der Waals surface area contributed by atoms with Crippen LogP contribution in [0, 0.1) is 11.8 Å². The van der Waals surface area contributed by atoms with E-state index in [1.165, 1.54) is 0 Å². The van der Waals surface area contributed by atoms with Crippen molar-refractivity contribution in [2.24, 2.45) is 11.8 Å². The summed E-state index contributed by atoms with van der Waals surface area (Å²) in [4.78, 5) is 26.3. The Morgan fingerprint density at radius 3 is 2.38 bits per heavy atom. The maximum absolute atomic E-state index is 12.4. The average Bonchev–Trinajstić information content (AvgIpc) is 3.37. The van der Waals surface area contributed by atoms with Gasteiger partial charge < -0.3 is 20.4 Å². The number of rotatable bonds is 6. The van der Waals surface area contributed by atoms with Crippen molar-refractivity contribution < 1.29 is 19.8 Å². The van der Waals surface area contributed by atoms with Gasteiger partial charge in [0.05, 0.1) is 24.7 Å². The molecule has 1 aliphatic carbocycles. The molecule has 2 amide bonds. The van der Waals surface area contributed by atoms with Crippen molar-refractivity contribution >= 4 is 11.8 Å². The number of aliphatic hydroxyl groups excluding tert-OH is 2. The highest BCUT2D eigenvalue weighted by Crippen LogP contribution is 2.32. The summed E-state index contributed by atoms with van der Waals surface area (Å²) in [7, 11) is 0. The molecule has 1 unspecified atom stereocenters. The lowest BCUT2D eigenvalue weighted by molar-refractivity contribution is -0.137. The van der Waals surface area contributed by atoms with Crippen molar-refractivity contribution in [2.45, 2.75) is 44.6 Å². The zero-order valence-corrected chi connectivity index (χ0v) is 12.7. The van der Waals surface area contributed by atoms with Crippen molar-refractivity contribution in [3.05, 3.63) is 0 Å². The van der Waals surface area contributed by atoms with Crippen LogP contribution in [0.2, 0.25) is 0 Å². The third kappa shape index (κ3) is 3.74. The molecule has 3 N–H and O–H groups in total. The lowest BCUT2D eigenvalue weighted by atomic mass is 9.93. The molecule has 2 aliphatic rings. The zero-order chi connectivity index (χ0) is 15.5. The summed E-state index contributed by atoms with van der Waals surface area (Å²) in [5, 5.41) is 21.6. The first-order valence-corrected chi connectivity index (χ1v) is 7.87. The zero-order valence-electron chi connectivity index (χ0n) is 12.7. The van der Waals surface area contributed by atoms with E-state index in [2.05, 4.69) is 5.32 Å². The molecule has 0 radical (unpaired) electrons. The molecule has 6 heteroatoms. The monoisotopic (exact) mass is 298 g/mol. The Hall–Kier alpha value is -1.14. The lowest BCUT2D eigenvalue weighted by Crippen LogP contribution is -2.57. The highest BCUT2D eigenvalue weighted by molar-refractivity contribution is 5.83. The van der Waals surface area contributed by atoms with Gasteiger partial charge in [-0.15, -0.1) is 0 Å². The molecule has 6 nitrogen and oxygen atoms in total. The Balaban J connectivity index is 1.93. The number of carbonyl (C=O) groups excluding carboxylic acids is 2. The quantitative estimate of drug-likeness (QED) is 0.638. The summed E-state index contributed by atoms with van der Waals surface area (Å²) in [5.74, 6) is -0.0614. The topological polar surface area (TPSA) is 89.9 Å².